The van der Waals surface area contributed by atoms with E-state index in [1.807, 2.05) is 50.9 Å². The van der Waals surface area contributed by atoms with Gasteiger partial charge in [-0.1, -0.05) is 17.6 Å². The fourth-order valence-electron chi connectivity index (χ4n) is 4.82. The normalized spacial score (nSPS) is 16.7. The highest BCUT2D eigenvalue weighted by molar-refractivity contribution is 6.37. The molecule has 1 aromatic heterocycles. The Morgan fingerprint density at radius 1 is 1.26 bits per heavy atom. The summed E-state index contributed by atoms with van der Waals surface area (Å²) in [6.07, 6.45) is 4.59. The maximum atomic E-state index is 13.5. The van der Waals surface area contributed by atoms with E-state index in [2.05, 4.69) is 22.2 Å². The number of carbonyl (C=O) groups is 2. The Kier molecular flexibility index (Phi) is 7.58. The van der Waals surface area contributed by atoms with Crippen molar-refractivity contribution < 1.29 is 14.3 Å². The van der Waals surface area contributed by atoms with Crippen LogP contribution in [0.15, 0.2) is 18.2 Å². The highest BCUT2D eigenvalue weighted by Gasteiger charge is 2.29. The Morgan fingerprint density at radius 3 is 2.88 bits per heavy atom. The van der Waals surface area contributed by atoms with Crippen molar-refractivity contribution in [2.75, 3.05) is 51.8 Å². The van der Waals surface area contributed by atoms with E-state index in [1.54, 1.807) is 0 Å². The van der Waals surface area contributed by atoms with Crippen LogP contribution in [0.25, 0.3) is 11.6 Å². The highest BCUT2D eigenvalue weighted by Crippen LogP contribution is 2.34. The molecular weight excluding hydrogens is 427 g/mol. The van der Waals surface area contributed by atoms with Crippen LogP contribution < -0.4 is 10.8 Å². The standard InChI is InChI=1S/C26H35BN4O3/c1-4-34-14-13-30(3)10-6-12-31-11-5-7-22-24(26(31)33)17(2)23(28-22)16-20-19-15-18(27)8-9-21(19)29-25(20)32/h8-9,15-16,28H,4-7,10-14,27H2,1-3H3,(H,29,32)/b20-16-. The van der Waals surface area contributed by atoms with Crippen molar-refractivity contribution in [2.45, 2.75) is 33.1 Å². The van der Waals surface area contributed by atoms with Gasteiger partial charge in [-0.15, -0.1) is 0 Å². The second-order valence-corrected chi connectivity index (χ2v) is 9.33. The molecule has 7 nitrogen and oxygen atoms in total. The molecule has 1 aromatic carbocycles. The first-order valence-electron chi connectivity index (χ1n) is 12.3. The van der Waals surface area contributed by atoms with Gasteiger partial charge in [0.1, 0.15) is 7.85 Å². The molecule has 0 saturated carbocycles. The number of H-pyrrole nitrogens is 1. The molecule has 2 amide bonds. The third kappa shape index (κ3) is 5.13. The first kappa shape index (κ1) is 24.3. The van der Waals surface area contributed by atoms with Crippen LogP contribution in [0.2, 0.25) is 0 Å². The van der Waals surface area contributed by atoms with Gasteiger partial charge in [-0.25, -0.2) is 0 Å². The first-order chi connectivity index (χ1) is 16.4. The number of ether oxygens (including phenoxy) is 1. The minimum atomic E-state index is -0.105. The van der Waals surface area contributed by atoms with E-state index in [0.717, 1.165) is 97.9 Å². The molecule has 0 atom stereocenters. The van der Waals surface area contributed by atoms with Crippen molar-refractivity contribution in [3.05, 3.63) is 46.3 Å². The number of carbonyl (C=O) groups excluding carboxylic acids is 2. The maximum absolute atomic E-state index is 13.5. The van der Waals surface area contributed by atoms with Gasteiger partial charge in [-0.2, -0.15) is 0 Å². The molecule has 0 fully saturated rings. The monoisotopic (exact) mass is 462 g/mol. The Bertz CT molecular complexity index is 1110. The van der Waals surface area contributed by atoms with Gasteiger partial charge >= 0.3 is 0 Å². The summed E-state index contributed by atoms with van der Waals surface area (Å²) in [6, 6.07) is 5.96. The van der Waals surface area contributed by atoms with Crippen molar-refractivity contribution in [2.24, 2.45) is 0 Å². The minimum absolute atomic E-state index is 0.0926. The van der Waals surface area contributed by atoms with E-state index in [4.69, 9.17) is 4.74 Å². The molecule has 0 aliphatic carbocycles. The quantitative estimate of drug-likeness (QED) is 0.339. The van der Waals surface area contributed by atoms with Gasteiger partial charge in [-0.05, 0) is 64.4 Å². The lowest BCUT2D eigenvalue weighted by Crippen LogP contribution is -2.34. The van der Waals surface area contributed by atoms with Gasteiger partial charge < -0.3 is 24.8 Å². The number of aryl methyl sites for hydroxylation is 1. The molecule has 2 aromatic rings. The summed E-state index contributed by atoms with van der Waals surface area (Å²) in [5.41, 5.74) is 7.01. The van der Waals surface area contributed by atoms with Crippen LogP contribution in [0, 0.1) is 6.92 Å². The van der Waals surface area contributed by atoms with Gasteiger partial charge in [0.15, 0.2) is 0 Å². The van der Waals surface area contributed by atoms with Gasteiger partial charge in [0.2, 0.25) is 0 Å². The molecule has 4 rings (SSSR count). The number of nitrogens with one attached hydrogen (secondary N) is 2. The summed E-state index contributed by atoms with van der Waals surface area (Å²) in [7, 11) is 4.11. The molecule has 0 saturated heterocycles. The number of rotatable bonds is 9. The second kappa shape index (κ2) is 10.6. The predicted molar refractivity (Wildman–Crippen MR) is 139 cm³/mol. The van der Waals surface area contributed by atoms with Gasteiger partial charge in [0.25, 0.3) is 11.8 Å². The van der Waals surface area contributed by atoms with E-state index in [-0.39, 0.29) is 11.8 Å². The van der Waals surface area contributed by atoms with Gasteiger partial charge in [-0.3, -0.25) is 9.59 Å². The number of hydrogen-bond donors (Lipinski definition) is 2. The van der Waals surface area contributed by atoms with Crippen LogP contribution >= 0.6 is 0 Å². The van der Waals surface area contributed by atoms with Crippen LogP contribution in [0.3, 0.4) is 0 Å². The molecule has 2 N–H and O–H groups in total. The average Bonchev–Trinajstić information content (AvgIpc) is 3.22. The molecule has 8 heteroatoms. The largest absolute Gasteiger partial charge is 0.380 e. The third-order valence-electron chi connectivity index (χ3n) is 6.76. The molecule has 2 aliphatic heterocycles. The summed E-state index contributed by atoms with van der Waals surface area (Å²) in [6.45, 7) is 8.81. The number of anilines is 1. The first-order valence-corrected chi connectivity index (χ1v) is 12.3. The second-order valence-electron chi connectivity index (χ2n) is 9.33. The third-order valence-corrected chi connectivity index (χ3v) is 6.76. The summed E-state index contributed by atoms with van der Waals surface area (Å²) in [5.74, 6) is -0.0128. The zero-order valence-corrected chi connectivity index (χ0v) is 20.8. The number of amides is 2. The molecular formula is C26H35BN4O3. The molecule has 2 aliphatic rings. The van der Waals surface area contributed by atoms with Crippen LogP contribution in [-0.2, 0) is 16.0 Å². The molecule has 3 heterocycles. The molecule has 180 valence electrons. The number of benzene rings is 1. The summed E-state index contributed by atoms with van der Waals surface area (Å²) in [5, 5.41) is 2.94. The Balaban J connectivity index is 1.49. The van der Waals surface area contributed by atoms with Crippen molar-refractivity contribution in [1.82, 2.24) is 14.8 Å². The lowest BCUT2D eigenvalue weighted by molar-refractivity contribution is -0.110. The molecule has 0 radical (unpaired) electrons. The van der Waals surface area contributed by atoms with E-state index in [0.29, 0.717) is 5.57 Å². The Hall–Kier alpha value is -2.84. The fraction of sp³-hybridized carbons (Fsp3) is 0.462. The zero-order chi connectivity index (χ0) is 24.2. The summed E-state index contributed by atoms with van der Waals surface area (Å²) in [4.78, 5) is 33.8. The molecule has 0 unspecified atom stereocenters. The Labute approximate surface area is 202 Å². The number of likely N-dealkylation sites (N-methyl/N-ethyl adjacent to an activating group) is 1. The number of fused-ring (bicyclic) bond motifs is 2. The minimum Gasteiger partial charge on any atom is -0.380 e. The van der Waals surface area contributed by atoms with Crippen molar-refractivity contribution in [3.63, 3.8) is 0 Å². The predicted octanol–water partition coefficient (Wildman–Crippen LogP) is 1.82. The van der Waals surface area contributed by atoms with E-state index in [1.165, 1.54) is 0 Å². The molecule has 0 spiro atoms. The highest BCUT2D eigenvalue weighted by atomic mass is 16.5. The fourth-order valence-corrected chi connectivity index (χ4v) is 4.82. The van der Waals surface area contributed by atoms with E-state index < -0.39 is 0 Å². The SMILES string of the molecule is Bc1ccc2c(c1)/C(=C/c1[nH]c3c(c1C)C(=O)N(CCCN(C)CCOCC)CCC3)C(=O)N2. The average molecular weight is 462 g/mol. The van der Waals surface area contributed by atoms with Crippen molar-refractivity contribution >= 4 is 42.5 Å². The lowest BCUT2D eigenvalue weighted by atomic mass is 9.92. The number of aromatic amines is 1. The van der Waals surface area contributed by atoms with Crippen LogP contribution in [0.1, 0.15) is 52.6 Å². The molecule has 34 heavy (non-hydrogen) atoms. The lowest BCUT2D eigenvalue weighted by Gasteiger charge is -2.23. The van der Waals surface area contributed by atoms with Gasteiger partial charge in [0, 0.05) is 48.9 Å². The van der Waals surface area contributed by atoms with E-state index in [9.17, 15) is 9.59 Å². The van der Waals surface area contributed by atoms with E-state index >= 15 is 0 Å². The number of hydrogen-bond acceptors (Lipinski definition) is 4. The summed E-state index contributed by atoms with van der Waals surface area (Å²) >= 11 is 0. The smallest absolute Gasteiger partial charge is 0.256 e. The van der Waals surface area contributed by atoms with Gasteiger partial charge in [0.05, 0.1) is 17.7 Å². The number of aromatic nitrogens is 1. The zero-order valence-electron chi connectivity index (χ0n) is 20.8. The van der Waals surface area contributed by atoms with Crippen molar-refractivity contribution in [1.29, 1.82) is 0 Å². The maximum Gasteiger partial charge on any atom is 0.256 e. The van der Waals surface area contributed by atoms with Crippen molar-refractivity contribution in [3.8, 4) is 0 Å². The van der Waals surface area contributed by atoms with Crippen LogP contribution in [0.4, 0.5) is 5.69 Å². The topological polar surface area (TPSA) is 77.7 Å². The van der Waals surface area contributed by atoms with Crippen LogP contribution in [-0.4, -0.2) is 80.9 Å². The number of nitrogens with zero attached hydrogens (tertiary/aromatic N) is 2. The Morgan fingerprint density at radius 2 is 2.09 bits per heavy atom. The summed E-state index contributed by atoms with van der Waals surface area (Å²) < 4.78 is 5.43. The molecule has 0 bridgehead atoms. The van der Waals surface area contributed by atoms with Crippen LogP contribution in [0.5, 0.6) is 0 Å².